The molecule has 3 heteroatoms. The lowest BCUT2D eigenvalue weighted by Crippen LogP contribution is -2.29. The van der Waals surface area contributed by atoms with E-state index in [1.54, 1.807) is 0 Å². The molecule has 0 spiro atoms. The number of nitrogens with one attached hydrogen (secondary N) is 3. The number of hydrogen-bond acceptors (Lipinski definition) is 2. The number of para-hydroxylation sites is 1. The lowest BCUT2D eigenvalue weighted by Gasteiger charge is -2.15. The monoisotopic (exact) mass is 217 g/mol. The molecule has 2 aromatic rings. The van der Waals surface area contributed by atoms with Crippen LogP contribution in [0.4, 0.5) is 0 Å². The minimum Gasteiger partial charge on any atom is -0.361 e. The van der Waals surface area contributed by atoms with E-state index in [0.717, 1.165) is 13.1 Å². The number of aromatic amines is 1. The van der Waals surface area contributed by atoms with Crippen molar-refractivity contribution < 1.29 is 0 Å². The average molecular weight is 217 g/mol. The van der Waals surface area contributed by atoms with Crippen LogP contribution in [-0.4, -0.2) is 25.1 Å². The van der Waals surface area contributed by atoms with Gasteiger partial charge in [0, 0.05) is 29.7 Å². The summed E-state index contributed by atoms with van der Waals surface area (Å²) in [6.45, 7) is 4.08. The second kappa shape index (κ2) is 5.14. The van der Waals surface area contributed by atoms with Crippen molar-refractivity contribution in [3.05, 3.63) is 36.0 Å². The number of fused-ring (bicyclic) bond motifs is 1. The van der Waals surface area contributed by atoms with E-state index in [1.807, 2.05) is 7.05 Å². The first-order valence-corrected chi connectivity index (χ1v) is 5.80. The Morgan fingerprint density at radius 1 is 1.31 bits per heavy atom. The fraction of sp³-hybridized carbons (Fsp3) is 0.385. The van der Waals surface area contributed by atoms with Gasteiger partial charge in [-0.15, -0.1) is 0 Å². The zero-order valence-electron chi connectivity index (χ0n) is 9.88. The van der Waals surface area contributed by atoms with Crippen LogP contribution in [-0.2, 0) is 0 Å². The highest BCUT2D eigenvalue weighted by Crippen LogP contribution is 2.23. The molecule has 0 saturated carbocycles. The number of H-pyrrole nitrogens is 1. The highest BCUT2D eigenvalue weighted by molar-refractivity contribution is 5.83. The summed E-state index contributed by atoms with van der Waals surface area (Å²) in [5, 5.41) is 8.03. The van der Waals surface area contributed by atoms with Gasteiger partial charge in [-0.1, -0.05) is 25.1 Å². The van der Waals surface area contributed by atoms with Crippen molar-refractivity contribution in [3.63, 3.8) is 0 Å². The summed E-state index contributed by atoms with van der Waals surface area (Å²) in [6.07, 6.45) is 2.10. The van der Waals surface area contributed by atoms with Gasteiger partial charge >= 0.3 is 0 Å². The summed E-state index contributed by atoms with van der Waals surface area (Å²) in [6, 6.07) is 8.77. The van der Waals surface area contributed by atoms with E-state index < -0.39 is 0 Å². The van der Waals surface area contributed by atoms with Gasteiger partial charge in [0.1, 0.15) is 0 Å². The number of benzene rings is 1. The third kappa shape index (κ3) is 2.10. The van der Waals surface area contributed by atoms with E-state index in [1.165, 1.54) is 16.5 Å². The van der Waals surface area contributed by atoms with Gasteiger partial charge in [-0.25, -0.2) is 0 Å². The maximum absolute atomic E-state index is 3.38. The molecule has 0 aliphatic heterocycles. The minimum absolute atomic E-state index is 0.357. The molecule has 16 heavy (non-hydrogen) atoms. The summed E-state index contributed by atoms with van der Waals surface area (Å²) in [5.74, 6) is 0. The molecule has 3 N–H and O–H groups in total. The maximum Gasteiger partial charge on any atom is 0.0465 e. The predicted octanol–water partition coefficient (Wildman–Crippen LogP) is 2.04. The molecular formula is C13H19N3. The Morgan fingerprint density at radius 2 is 2.12 bits per heavy atom. The van der Waals surface area contributed by atoms with Crippen LogP contribution >= 0.6 is 0 Å². The zero-order chi connectivity index (χ0) is 11.4. The van der Waals surface area contributed by atoms with Crippen molar-refractivity contribution in [1.29, 1.82) is 0 Å². The van der Waals surface area contributed by atoms with Crippen molar-refractivity contribution in [2.24, 2.45) is 0 Å². The highest BCUT2D eigenvalue weighted by Gasteiger charge is 2.12. The summed E-state index contributed by atoms with van der Waals surface area (Å²) >= 11 is 0. The zero-order valence-corrected chi connectivity index (χ0v) is 9.88. The van der Waals surface area contributed by atoms with Crippen LogP contribution in [0.1, 0.15) is 18.5 Å². The molecule has 0 aliphatic carbocycles. The van der Waals surface area contributed by atoms with Gasteiger partial charge in [0.15, 0.2) is 0 Å². The molecule has 0 saturated heterocycles. The van der Waals surface area contributed by atoms with Crippen molar-refractivity contribution in [3.8, 4) is 0 Å². The van der Waals surface area contributed by atoms with Crippen LogP contribution in [0.15, 0.2) is 30.5 Å². The summed E-state index contributed by atoms with van der Waals surface area (Å²) in [7, 11) is 2.00. The van der Waals surface area contributed by atoms with E-state index in [9.17, 15) is 0 Å². The topological polar surface area (TPSA) is 39.8 Å². The quantitative estimate of drug-likeness (QED) is 0.717. The summed E-state index contributed by atoms with van der Waals surface area (Å²) < 4.78 is 0. The fourth-order valence-corrected chi connectivity index (χ4v) is 2.04. The molecule has 1 heterocycles. The Bertz CT molecular complexity index is 447. The molecule has 3 nitrogen and oxygen atoms in total. The molecule has 0 amide bonds. The van der Waals surface area contributed by atoms with Gasteiger partial charge in [-0.2, -0.15) is 0 Å². The molecule has 0 bridgehead atoms. The van der Waals surface area contributed by atoms with Crippen LogP contribution in [0, 0.1) is 0 Å². The third-order valence-corrected chi connectivity index (χ3v) is 2.94. The minimum atomic E-state index is 0.357. The normalized spacial score (nSPS) is 13.1. The Hall–Kier alpha value is -1.32. The van der Waals surface area contributed by atoms with Crippen LogP contribution in [0.5, 0.6) is 0 Å². The first-order chi connectivity index (χ1) is 7.86. The van der Waals surface area contributed by atoms with Crippen LogP contribution in [0.2, 0.25) is 0 Å². The van der Waals surface area contributed by atoms with E-state index in [0.29, 0.717) is 6.04 Å². The number of aromatic nitrogens is 1. The van der Waals surface area contributed by atoms with Gasteiger partial charge in [-0.3, -0.25) is 0 Å². The number of hydrogen-bond donors (Lipinski definition) is 3. The van der Waals surface area contributed by atoms with Gasteiger partial charge < -0.3 is 15.6 Å². The largest absolute Gasteiger partial charge is 0.361 e. The van der Waals surface area contributed by atoms with E-state index in [2.05, 4.69) is 53.0 Å². The predicted molar refractivity (Wildman–Crippen MR) is 68.6 cm³/mol. The Balaban J connectivity index is 2.30. The molecule has 0 aliphatic rings. The van der Waals surface area contributed by atoms with Crippen molar-refractivity contribution in [1.82, 2.24) is 15.6 Å². The van der Waals surface area contributed by atoms with Gasteiger partial charge in [0.25, 0.3) is 0 Å². The molecule has 1 aromatic carbocycles. The van der Waals surface area contributed by atoms with Gasteiger partial charge in [0.2, 0.25) is 0 Å². The molecule has 1 atom stereocenters. The van der Waals surface area contributed by atoms with Gasteiger partial charge in [-0.05, 0) is 25.2 Å². The molecule has 0 fully saturated rings. The van der Waals surface area contributed by atoms with Gasteiger partial charge in [0.05, 0.1) is 0 Å². The number of rotatable bonds is 5. The van der Waals surface area contributed by atoms with Crippen LogP contribution < -0.4 is 10.6 Å². The molecule has 86 valence electrons. The molecule has 2 rings (SSSR count). The van der Waals surface area contributed by atoms with Crippen molar-refractivity contribution in [2.75, 3.05) is 20.1 Å². The molecule has 0 radical (unpaired) electrons. The van der Waals surface area contributed by atoms with Crippen molar-refractivity contribution >= 4 is 10.9 Å². The lowest BCUT2D eigenvalue weighted by atomic mass is 10.1. The number of likely N-dealkylation sites (N-methyl/N-ethyl adjacent to an activating group) is 2. The summed E-state index contributed by atoms with van der Waals surface area (Å²) in [4.78, 5) is 3.31. The Labute approximate surface area is 96.2 Å². The highest BCUT2D eigenvalue weighted by atomic mass is 15.0. The maximum atomic E-state index is 3.38. The first-order valence-electron chi connectivity index (χ1n) is 5.80. The smallest absolute Gasteiger partial charge is 0.0465 e. The van der Waals surface area contributed by atoms with E-state index in [4.69, 9.17) is 0 Å². The summed E-state index contributed by atoms with van der Waals surface area (Å²) in [5.41, 5.74) is 2.54. The lowest BCUT2D eigenvalue weighted by molar-refractivity contribution is 0.541. The third-order valence-electron chi connectivity index (χ3n) is 2.94. The average Bonchev–Trinajstić information content (AvgIpc) is 2.75. The van der Waals surface area contributed by atoms with Crippen molar-refractivity contribution in [2.45, 2.75) is 13.0 Å². The SMILES string of the molecule is CCNCC(NC)c1c[nH]c2ccccc12. The van der Waals surface area contributed by atoms with Crippen LogP contribution in [0.25, 0.3) is 10.9 Å². The fourth-order valence-electron chi connectivity index (χ4n) is 2.04. The standard InChI is InChI=1S/C13H19N3/c1-3-15-9-13(14-2)11-8-16-12-7-5-4-6-10(11)12/h4-8,13-16H,3,9H2,1-2H3. The first kappa shape index (κ1) is 11.2. The van der Waals surface area contributed by atoms with E-state index >= 15 is 0 Å². The van der Waals surface area contributed by atoms with E-state index in [-0.39, 0.29) is 0 Å². The Kier molecular flexibility index (Phi) is 3.59. The Morgan fingerprint density at radius 3 is 2.88 bits per heavy atom. The van der Waals surface area contributed by atoms with Crippen LogP contribution in [0.3, 0.4) is 0 Å². The molecular weight excluding hydrogens is 198 g/mol. The second-order valence-electron chi connectivity index (χ2n) is 3.94. The second-order valence-corrected chi connectivity index (χ2v) is 3.94. The molecule has 1 aromatic heterocycles. The molecule has 1 unspecified atom stereocenters.